The van der Waals surface area contributed by atoms with Crippen molar-refractivity contribution in [3.8, 4) is 0 Å². The number of aliphatic hydroxyl groups excluding tert-OH is 1. The van der Waals surface area contributed by atoms with E-state index in [0.717, 1.165) is 6.42 Å². The molecule has 0 bridgehead atoms. The Morgan fingerprint density at radius 2 is 2.00 bits per heavy atom. The van der Waals surface area contributed by atoms with Crippen LogP contribution in [0.3, 0.4) is 0 Å². The van der Waals surface area contributed by atoms with Crippen LogP contribution in [-0.2, 0) is 19.0 Å². The Morgan fingerprint density at radius 1 is 1.30 bits per heavy atom. The summed E-state index contributed by atoms with van der Waals surface area (Å²) in [5, 5.41) is 9.38. The molecule has 23 heavy (non-hydrogen) atoms. The fraction of sp³-hybridized carbons (Fsp3) is 0.882. The number of hydrogen-bond donors (Lipinski definition) is 1. The number of hydrogen-bond acceptors (Lipinski definition) is 6. The molecule has 1 aliphatic heterocycles. The number of ether oxygens (including phenoxy) is 3. The van der Waals surface area contributed by atoms with Gasteiger partial charge in [-0.05, 0) is 19.3 Å². The first-order chi connectivity index (χ1) is 10.7. The zero-order chi connectivity index (χ0) is 17.1. The van der Waals surface area contributed by atoms with Crippen molar-refractivity contribution in [1.29, 1.82) is 0 Å². The minimum absolute atomic E-state index is 0.0621. The SMILES string of the molecule is COC[C@]1(C)CCC2(OC(=O)[C@@]3(C[C@@H]3CO)N=C2OC)C1(C)C. The predicted molar refractivity (Wildman–Crippen MR) is 84.2 cm³/mol. The van der Waals surface area contributed by atoms with Crippen LogP contribution in [0.1, 0.15) is 40.0 Å². The number of aliphatic hydroxyl groups is 1. The average Bonchev–Trinajstić information content (AvgIpc) is 3.18. The number of carbonyl (C=O) groups is 1. The van der Waals surface area contributed by atoms with Gasteiger partial charge < -0.3 is 19.3 Å². The molecule has 1 unspecified atom stereocenters. The van der Waals surface area contributed by atoms with Crippen LogP contribution in [0.25, 0.3) is 0 Å². The summed E-state index contributed by atoms with van der Waals surface area (Å²) in [4.78, 5) is 17.4. The van der Waals surface area contributed by atoms with E-state index in [1.807, 2.05) is 0 Å². The molecule has 130 valence electrons. The highest BCUT2D eigenvalue weighted by Crippen LogP contribution is 2.63. The Morgan fingerprint density at radius 3 is 2.52 bits per heavy atom. The number of carbonyl (C=O) groups excluding carboxylic acids is 1. The van der Waals surface area contributed by atoms with E-state index in [-0.39, 0.29) is 29.3 Å². The second-order valence-corrected chi connectivity index (χ2v) is 7.96. The fourth-order valence-electron chi connectivity index (χ4n) is 4.43. The third kappa shape index (κ3) is 1.88. The maximum absolute atomic E-state index is 12.7. The standard InChI is InChI=1S/C17H27NO5/c1-14(2)15(3,10-21-4)6-7-17(14)12(22-5)18-16(13(20)23-17)8-11(16)9-19/h11,19H,6-10H2,1-5H3/t11-,15+,16+,17?/m1/s1. The molecule has 0 saturated heterocycles. The van der Waals surface area contributed by atoms with Crippen molar-refractivity contribution < 1.29 is 24.1 Å². The molecule has 1 N–H and O–H groups in total. The van der Waals surface area contributed by atoms with Gasteiger partial charge in [0.1, 0.15) is 0 Å². The second kappa shape index (κ2) is 4.93. The van der Waals surface area contributed by atoms with Gasteiger partial charge in [0.05, 0.1) is 13.7 Å². The van der Waals surface area contributed by atoms with Gasteiger partial charge in [-0.25, -0.2) is 9.79 Å². The first kappa shape index (κ1) is 16.7. The van der Waals surface area contributed by atoms with Gasteiger partial charge in [-0.1, -0.05) is 20.8 Å². The van der Waals surface area contributed by atoms with E-state index in [1.165, 1.54) is 0 Å². The van der Waals surface area contributed by atoms with Gasteiger partial charge in [0.15, 0.2) is 11.1 Å². The van der Waals surface area contributed by atoms with Crippen LogP contribution in [0, 0.1) is 16.7 Å². The number of aliphatic imine (C=N–C) groups is 1. The highest BCUT2D eigenvalue weighted by atomic mass is 16.6. The van der Waals surface area contributed by atoms with Crippen LogP contribution >= 0.6 is 0 Å². The maximum atomic E-state index is 12.7. The molecule has 3 rings (SSSR count). The molecule has 4 atom stereocenters. The highest BCUT2D eigenvalue weighted by molar-refractivity contribution is 5.99. The Labute approximate surface area is 137 Å². The van der Waals surface area contributed by atoms with Gasteiger partial charge >= 0.3 is 5.97 Å². The molecule has 2 aliphatic carbocycles. The van der Waals surface area contributed by atoms with Crippen molar-refractivity contribution in [3.63, 3.8) is 0 Å². The largest absolute Gasteiger partial charge is 0.481 e. The lowest BCUT2D eigenvalue weighted by atomic mass is 9.63. The minimum atomic E-state index is -0.929. The van der Waals surface area contributed by atoms with E-state index in [0.29, 0.717) is 25.3 Å². The minimum Gasteiger partial charge on any atom is -0.481 e. The van der Waals surface area contributed by atoms with E-state index in [9.17, 15) is 9.90 Å². The van der Waals surface area contributed by atoms with Crippen LogP contribution in [0.15, 0.2) is 4.99 Å². The molecule has 0 aromatic heterocycles. The lowest BCUT2D eigenvalue weighted by molar-refractivity contribution is -0.174. The number of methoxy groups -OCH3 is 2. The van der Waals surface area contributed by atoms with Crippen molar-refractivity contribution in [2.75, 3.05) is 27.4 Å². The first-order valence-corrected chi connectivity index (χ1v) is 8.20. The first-order valence-electron chi connectivity index (χ1n) is 8.20. The lowest BCUT2D eigenvalue weighted by Crippen LogP contribution is -2.60. The van der Waals surface area contributed by atoms with Gasteiger partial charge in [0.2, 0.25) is 5.90 Å². The molecular formula is C17H27NO5. The second-order valence-electron chi connectivity index (χ2n) is 7.96. The third-order valence-corrected chi connectivity index (χ3v) is 6.76. The van der Waals surface area contributed by atoms with E-state index in [4.69, 9.17) is 14.2 Å². The van der Waals surface area contributed by atoms with Crippen LogP contribution in [0.2, 0.25) is 0 Å². The molecule has 3 aliphatic rings. The van der Waals surface area contributed by atoms with Gasteiger partial charge in [-0.15, -0.1) is 0 Å². The van der Waals surface area contributed by atoms with Crippen molar-refractivity contribution in [3.05, 3.63) is 0 Å². The van der Waals surface area contributed by atoms with E-state index < -0.39 is 11.1 Å². The highest BCUT2D eigenvalue weighted by Gasteiger charge is 2.73. The zero-order valence-corrected chi connectivity index (χ0v) is 14.6. The van der Waals surface area contributed by atoms with Gasteiger partial charge in [-0.3, -0.25) is 0 Å². The molecule has 6 heteroatoms. The third-order valence-electron chi connectivity index (χ3n) is 6.76. The quantitative estimate of drug-likeness (QED) is 0.797. The molecule has 0 radical (unpaired) electrons. The Hall–Kier alpha value is -1.14. The van der Waals surface area contributed by atoms with Crippen molar-refractivity contribution in [1.82, 2.24) is 0 Å². The van der Waals surface area contributed by atoms with Crippen molar-refractivity contribution >= 4 is 11.9 Å². The number of rotatable bonds is 3. The smallest absolute Gasteiger partial charge is 0.335 e. The van der Waals surface area contributed by atoms with Gasteiger partial charge in [0, 0.05) is 30.5 Å². The topological polar surface area (TPSA) is 77.4 Å². The van der Waals surface area contributed by atoms with E-state index in [1.54, 1.807) is 14.2 Å². The van der Waals surface area contributed by atoms with Gasteiger partial charge in [0.25, 0.3) is 0 Å². The normalized spacial score (nSPS) is 44.3. The van der Waals surface area contributed by atoms with Crippen molar-refractivity contribution in [2.45, 2.75) is 51.2 Å². The number of nitrogens with zero attached hydrogens (tertiary/aromatic N) is 1. The fourth-order valence-corrected chi connectivity index (χ4v) is 4.43. The summed E-state index contributed by atoms with van der Waals surface area (Å²) in [6, 6.07) is 0. The Balaban J connectivity index is 2.05. The molecule has 2 saturated carbocycles. The Kier molecular flexibility index (Phi) is 3.58. The molecule has 0 amide bonds. The molecule has 0 aromatic carbocycles. The maximum Gasteiger partial charge on any atom is 0.335 e. The summed E-state index contributed by atoms with van der Waals surface area (Å²) < 4.78 is 17.1. The molecule has 6 nitrogen and oxygen atoms in total. The monoisotopic (exact) mass is 325 g/mol. The molecule has 2 spiro atoms. The summed E-state index contributed by atoms with van der Waals surface area (Å²) in [7, 11) is 3.27. The van der Waals surface area contributed by atoms with Crippen LogP contribution in [0.5, 0.6) is 0 Å². The van der Waals surface area contributed by atoms with Crippen LogP contribution < -0.4 is 0 Å². The van der Waals surface area contributed by atoms with Crippen LogP contribution in [0.4, 0.5) is 0 Å². The zero-order valence-electron chi connectivity index (χ0n) is 14.6. The van der Waals surface area contributed by atoms with E-state index >= 15 is 0 Å². The summed E-state index contributed by atoms with van der Waals surface area (Å²) in [5.74, 6) is -0.00246. The molecule has 0 aromatic rings. The summed E-state index contributed by atoms with van der Waals surface area (Å²) in [6.07, 6.45) is 2.05. The van der Waals surface area contributed by atoms with Crippen molar-refractivity contribution in [2.24, 2.45) is 21.7 Å². The van der Waals surface area contributed by atoms with Gasteiger partial charge in [-0.2, -0.15) is 0 Å². The number of esters is 1. The van der Waals surface area contributed by atoms with Crippen LogP contribution in [-0.4, -0.2) is 55.5 Å². The summed E-state index contributed by atoms with van der Waals surface area (Å²) in [5.41, 5.74) is -2.32. The average molecular weight is 325 g/mol. The predicted octanol–water partition coefficient (Wildman–Crippen LogP) is 1.55. The molecule has 1 heterocycles. The summed E-state index contributed by atoms with van der Waals surface area (Å²) in [6.45, 7) is 6.86. The molecular weight excluding hydrogens is 298 g/mol. The van der Waals surface area contributed by atoms with E-state index in [2.05, 4.69) is 25.8 Å². The Bertz CT molecular complexity index is 559. The lowest BCUT2D eigenvalue weighted by Gasteiger charge is -2.49. The summed E-state index contributed by atoms with van der Waals surface area (Å²) >= 11 is 0. The molecule has 2 fully saturated rings.